The molecule has 8 nitrogen and oxygen atoms in total. The number of nitrogens with zero attached hydrogens (tertiary/aromatic N) is 2. The molecule has 0 N–H and O–H groups in total. The molecule has 0 saturated heterocycles. The molecule has 11 heteroatoms. The number of esters is 1. The number of hydrogen-bond donors (Lipinski definition) is 0. The van der Waals surface area contributed by atoms with Gasteiger partial charge in [0.05, 0.1) is 40.7 Å². The lowest BCUT2D eigenvalue weighted by Gasteiger charge is -2.25. The number of carbonyl (C=O) groups is 1. The molecule has 3 aromatic carbocycles. The number of methoxy groups -OCH3 is 3. The monoisotopic (exact) mass is 716 g/mol. The molecule has 0 saturated carbocycles. The van der Waals surface area contributed by atoms with Gasteiger partial charge in [-0.3, -0.25) is 9.36 Å². The molecule has 5 rings (SSSR count). The standard InChI is InChI=1S/C31H26ClIN2O6S/c1-17-26(30(37)40-4)27(21-15-20(32)10-11-23(21)38-2)35-29(36)25(42-31(35)34-17)14-19-12-22(33)28(24(13-19)39-3)41-16-18-8-6-5-7-9-18/h5-15,27H,16H2,1-4H3/b25-14-/t27-/m1/s1. The third-order valence-corrected chi connectivity index (χ3v) is 8.71. The minimum atomic E-state index is -0.854. The smallest absolute Gasteiger partial charge is 0.338 e. The van der Waals surface area contributed by atoms with Crippen molar-refractivity contribution in [2.24, 2.45) is 4.99 Å². The zero-order valence-electron chi connectivity index (χ0n) is 23.1. The Morgan fingerprint density at radius 1 is 1.07 bits per heavy atom. The molecular formula is C31H26ClIN2O6S. The maximum atomic E-state index is 14.0. The van der Waals surface area contributed by atoms with E-state index in [1.807, 2.05) is 42.5 Å². The molecule has 1 aliphatic rings. The van der Waals surface area contributed by atoms with Crippen LogP contribution in [0.3, 0.4) is 0 Å². The molecular weight excluding hydrogens is 691 g/mol. The zero-order valence-corrected chi connectivity index (χ0v) is 26.9. The number of benzene rings is 3. The van der Waals surface area contributed by atoms with Crippen LogP contribution in [0.2, 0.25) is 5.02 Å². The van der Waals surface area contributed by atoms with Crippen LogP contribution in [0.25, 0.3) is 6.08 Å². The van der Waals surface area contributed by atoms with Crippen LogP contribution in [0.4, 0.5) is 0 Å². The van der Waals surface area contributed by atoms with Crippen molar-refractivity contribution < 1.29 is 23.7 Å². The van der Waals surface area contributed by atoms with E-state index in [0.29, 0.717) is 49.5 Å². The van der Waals surface area contributed by atoms with Crippen LogP contribution in [0, 0.1) is 3.57 Å². The number of fused-ring (bicyclic) bond motifs is 1. The normalized spacial score (nSPS) is 14.7. The fourth-order valence-corrected chi connectivity index (χ4v) is 6.76. The second-order valence-corrected chi connectivity index (χ2v) is 11.9. The summed E-state index contributed by atoms with van der Waals surface area (Å²) in [6.45, 7) is 2.11. The van der Waals surface area contributed by atoms with E-state index in [4.69, 9.17) is 30.5 Å². The molecule has 1 aliphatic heterocycles. The van der Waals surface area contributed by atoms with Crippen LogP contribution in [0.1, 0.15) is 29.7 Å². The molecule has 0 aliphatic carbocycles. The molecule has 1 atom stereocenters. The number of aromatic nitrogens is 1. The molecule has 42 heavy (non-hydrogen) atoms. The van der Waals surface area contributed by atoms with Crippen LogP contribution >= 0.6 is 45.5 Å². The van der Waals surface area contributed by atoms with E-state index in [1.165, 1.54) is 30.1 Å². The SMILES string of the molecule is COC(=O)C1=C(C)N=c2s/c(=C\c3cc(I)c(OCc4ccccc4)c(OC)c3)c(=O)n2[C@@H]1c1cc(Cl)ccc1OC. The van der Waals surface area contributed by atoms with Crippen molar-refractivity contribution in [2.45, 2.75) is 19.6 Å². The van der Waals surface area contributed by atoms with Gasteiger partial charge in [0.2, 0.25) is 0 Å². The van der Waals surface area contributed by atoms with Crippen molar-refractivity contribution in [2.75, 3.05) is 21.3 Å². The lowest BCUT2D eigenvalue weighted by atomic mass is 9.95. The topological polar surface area (TPSA) is 88.4 Å². The highest BCUT2D eigenvalue weighted by molar-refractivity contribution is 14.1. The van der Waals surface area contributed by atoms with E-state index < -0.39 is 12.0 Å². The van der Waals surface area contributed by atoms with E-state index in [-0.39, 0.29) is 11.1 Å². The number of hydrogen-bond acceptors (Lipinski definition) is 8. The first-order valence-corrected chi connectivity index (χ1v) is 15.0. The lowest BCUT2D eigenvalue weighted by molar-refractivity contribution is -0.136. The minimum absolute atomic E-state index is 0.230. The molecule has 4 aromatic rings. The Balaban J connectivity index is 1.63. The number of thiazole rings is 1. The van der Waals surface area contributed by atoms with Gasteiger partial charge in [-0.25, -0.2) is 9.79 Å². The van der Waals surface area contributed by atoms with Crippen molar-refractivity contribution in [3.8, 4) is 17.2 Å². The van der Waals surface area contributed by atoms with Crippen molar-refractivity contribution in [3.05, 3.63) is 117 Å². The summed E-state index contributed by atoms with van der Waals surface area (Å²) in [5, 5.41) is 0.433. The number of rotatable bonds is 8. The van der Waals surface area contributed by atoms with Crippen LogP contribution in [-0.4, -0.2) is 31.9 Å². The Kier molecular flexibility index (Phi) is 9.05. The predicted octanol–water partition coefficient (Wildman–Crippen LogP) is 5.26. The van der Waals surface area contributed by atoms with Crippen LogP contribution in [-0.2, 0) is 16.1 Å². The summed E-state index contributed by atoms with van der Waals surface area (Å²) in [4.78, 5) is 32.0. The van der Waals surface area contributed by atoms with Gasteiger partial charge in [-0.15, -0.1) is 0 Å². The van der Waals surface area contributed by atoms with E-state index in [9.17, 15) is 9.59 Å². The molecule has 0 unspecified atom stereocenters. The van der Waals surface area contributed by atoms with Gasteiger partial charge in [0.15, 0.2) is 16.3 Å². The summed E-state index contributed by atoms with van der Waals surface area (Å²) in [6.07, 6.45) is 1.78. The first-order chi connectivity index (χ1) is 20.2. The number of ether oxygens (including phenoxy) is 4. The van der Waals surface area contributed by atoms with Crippen molar-refractivity contribution in [3.63, 3.8) is 0 Å². The third kappa shape index (κ3) is 5.83. The fraction of sp³-hybridized carbons (Fsp3) is 0.194. The van der Waals surface area contributed by atoms with E-state index >= 15 is 0 Å². The minimum Gasteiger partial charge on any atom is -0.496 e. The fourth-order valence-electron chi connectivity index (χ4n) is 4.75. The Bertz CT molecular complexity index is 1880. The molecule has 2 heterocycles. The van der Waals surface area contributed by atoms with Crippen molar-refractivity contribution in [1.29, 1.82) is 0 Å². The highest BCUT2D eigenvalue weighted by Crippen LogP contribution is 2.38. The molecule has 1 aromatic heterocycles. The quantitative estimate of drug-likeness (QED) is 0.183. The van der Waals surface area contributed by atoms with Gasteiger partial charge in [-0.05, 0) is 77.0 Å². The van der Waals surface area contributed by atoms with Crippen molar-refractivity contribution in [1.82, 2.24) is 4.57 Å². The summed E-state index contributed by atoms with van der Waals surface area (Å²) in [6, 6.07) is 17.8. The van der Waals surface area contributed by atoms with Gasteiger partial charge in [-0.2, -0.15) is 0 Å². The summed E-state index contributed by atoms with van der Waals surface area (Å²) in [5.74, 6) is 1.04. The van der Waals surface area contributed by atoms with Gasteiger partial charge in [0, 0.05) is 10.6 Å². The summed E-state index contributed by atoms with van der Waals surface area (Å²) >= 11 is 9.78. The number of allylic oxidation sites excluding steroid dienone is 1. The highest BCUT2D eigenvalue weighted by Gasteiger charge is 2.35. The molecule has 0 spiro atoms. The summed E-state index contributed by atoms with van der Waals surface area (Å²) < 4.78 is 25.2. The maximum Gasteiger partial charge on any atom is 0.338 e. The Labute approximate surface area is 264 Å². The lowest BCUT2D eigenvalue weighted by Crippen LogP contribution is -2.40. The molecule has 216 valence electrons. The molecule has 0 fully saturated rings. The van der Waals surface area contributed by atoms with Gasteiger partial charge < -0.3 is 18.9 Å². The number of carbonyl (C=O) groups excluding carboxylic acids is 1. The Morgan fingerprint density at radius 2 is 1.81 bits per heavy atom. The average molecular weight is 717 g/mol. The van der Waals surface area contributed by atoms with Crippen LogP contribution in [0.15, 0.2) is 81.7 Å². The average Bonchev–Trinajstić information content (AvgIpc) is 3.29. The summed E-state index contributed by atoms with van der Waals surface area (Å²) in [7, 11) is 4.39. The molecule has 0 radical (unpaired) electrons. The second-order valence-electron chi connectivity index (χ2n) is 9.27. The Morgan fingerprint density at radius 3 is 2.50 bits per heavy atom. The number of halogens is 2. The highest BCUT2D eigenvalue weighted by atomic mass is 127. The van der Waals surface area contributed by atoms with Gasteiger partial charge in [-0.1, -0.05) is 53.3 Å². The zero-order chi connectivity index (χ0) is 30.0. The Hall–Kier alpha value is -3.61. The van der Waals surface area contributed by atoms with Gasteiger partial charge >= 0.3 is 5.97 Å². The molecule has 0 amide bonds. The maximum absolute atomic E-state index is 14.0. The van der Waals surface area contributed by atoms with Crippen LogP contribution < -0.4 is 29.1 Å². The van der Waals surface area contributed by atoms with Gasteiger partial charge in [0.25, 0.3) is 5.56 Å². The third-order valence-electron chi connectivity index (χ3n) is 6.69. The molecule has 0 bridgehead atoms. The van der Waals surface area contributed by atoms with Crippen LogP contribution in [0.5, 0.6) is 17.2 Å². The summed E-state index contributed by atoms with van der Waals surface area (Å²) in [5.41, 5.74) is 2.68. The van der Waals surface area contributed by atoms with Crippen molar-refractivity contribution >= 4 is 57.6 Å². The first kappa shape index (κ1) is 29.9. The first-order valence-electron chi connectivity index (χ1n) is 12.7. The van der Waals surface area contributed by atoms with Gasteiger partial charge in [0.1, 0.15) is 18.4 Å². The van der Waals surface area contributed by atoms with E-state index in [2.05, 4.69) is 27.6 Å². The van der Waals surface area contributed by atoms with E-state index in [0.717, 1.165) is 14.7 Å². The second kappa shape index (κ2) is 12.7. The predicted molar refractivity (Wildman–Crippen MR) is 170 cm³/mol. The largest absolute Gasteiger partial charge is 0.496 e. The van der Waals surface area contributed by atoms with E-state index in [1.54, 1.807) is 38.3 Å².